The molecule has 0 aliphatic heterocycles. The Morgan fingerprint density at radius 2 is 1.89 bits per heavy atom. The Morgan fingerprint density at radius 3 is 2.32 bits per heavy atom. The average molecular weight is 285 g/mol. The summed E-state index contributed by atoms with van der Waals surface area (Å²) in [6.45, 7) is 13.0. The highest BCUT2D eigenvalue weighted by Crippen LogP contribution is 2.37. The Balaban J connectivity index is 4.39. The van der Waals surface area contributed by atoms with Crippen LogP contribution in [0, 0.1) is 11.8 Å². The first-order valence-electron chi connectivity index (χ1n) is 6.49. The molecule has 0 saturated carbocycles. The number of rotatable bonds is 4. The highest BCUT2D eigenvalue weighted by molar-refractivity contribution is 6.74. The molecule has 0 radical (unpaired) electrons. The molecule has 0 aromatic rings. The van der Waals surface area contributed by atoms with E-state index in [-0.39, 0.29) is 17.0 Å². The van der Waals surface area contributed by atoms with E-state index < -0.39 is 8.32 Å². The van der Waals surface area contributed by atoms with Gasteiger partial charge >= 0.3 is 5.91 Å². The predicted molar refractivity (Wildman–Crippen MR) is 79.9 cm³/mol. The molecule has 0 N–H and O–H groups in total. The normalized spacial score (nSPS) is 13.5. The lowest BCUT2D eigenvalue weighted by molar-refractivity contribution is -0.161. The first kappa shape index (κ1) is 18.2. The fraction of sp³-hybridized carbons (Fsp3) is 0.786. The molecule has 0 fully saturated rings. The molecule has 4 nitrogen and oxygen atoms in total. The summed E-state index contributed by atoms with van der Waals surface area (Å²) >= 11 is 0. The van der Waals surface area contributed by atoms with Gasteiger partial charge in [-0.3, -0.25) is 9.63 Å². The predicted octanol–water partition coefficient (Wildman–Crippen LogP) is 2.81. The van der Waals surface area contributed by atoms with Crippen LogP contribution in [-0.4, -0.2) is 39.5 Å². The largest absolute Gasteiger partial charge is 0.413 e. The summed E-state index contributed by atoms with van der Waals surface area (Å²) in [6, 6.07) is 0. The number of hydroxylamine groups is 2. The zero-order valence-corrected chi connectivity index (χ0v) is 14.5. The summed E-state index contributed by atoms with van der Waals surface area (Å²) < 4.78 is 6.15. The standard InChI is InChI=1S/C14H27NO3Si/c1-12(18-19(7,8)14(2,3)4)10-9-11-13(16)15(5)17-6/h12H,10H2,1-8H3/t12-/m0/s1. The van der Waals surface area contributed by atoms with E-state index in [9.17, 15) is 4.79 Å². The second-order valence-corrected chi connectivity index (χ2v) is 10.9. The number of hydrogen-bond donors (Lipinski definition) is 0. The van der Waals surface area contributed by atoms with Crippen LogP contribution in [0.3, 0.4) is 0 Å². The first-order chi connectivity index (χ1) is 8.51. The maximum absolute atomic E-state index is 11.4. The van der Waals surface area contributed by atoms with E-state index in [0.29, 0.717) is 6.42 Å². The van der Waals surface area contributed by atoms with Gasteiger partial charge in [-0.05, 0) is 31.0 Å². The zero-order valence-electron chi connectivity index (χ0n) is 13.5. The van der Waals surface area contributed by atoms with Crippen LogP contribution in [-0.2, 0) is 14.1 Å². The number of hydrogen-bond acceptors (Lipinski definition) is 3. The van der Waals surface area contributed by atoms with Crippen LogP contribution in [0.5, 0.6) is 0 Å². The molecule has 110 valence electrons. The Labute approximate surface area is 118 Å². The van der Waals surface area contributed by atoms with Crippen molar-refractivity contribution in [3.63, 3.8) is 0 Å². The van der Waals surface area contributed by atoms with E-state index in [1.165, 1.54) is 14.2 Å². The number of carbonyl (C=O) groups excluding carboxylic acids is 1. The lowest BCUT2D eigenvalue weighted by Gasteiger charge is -2.38. The molecule has 5 heteroatoms. The van der Waals surface area contributed by atoms with Crippen LogP contribution < -0.4 is 0 Å². The minimum Gasteiger partial charge on any atom is -0.413 e. The second kappa shape index (κ2) is 7.08. The first-order valence-corrected chi connectivity index (χ1v) is 9.40. The Hall–Kier alpha value is -0.833. The monoisotopic (exact) mass is 285 g/mol. The molecule has 0 rings (SSSR count). The summed E-state index contributed by atoms with van der Waals surface area (Å²) in [5.74, 6) is 5.04. The van der Waals surface area contributed by atoms with Gasteiger partial charge in [0.05, 0.1) is 13.2 Å². The molecular weight excluding hydrogens is 258 g/mol. The Morgan fingerprint density at radius 1 is 1.37 bits per heavy atom. The van der Waals surface area contributed by atoms with Crippen LogP contribution >= 0.6 is 0 Å². The van der Waals surface area contributed by atoms with E-state index in [2.05, 4.69) is 45.7 Å². The van der Waals surface area contributed by atoms with Crippen molar-refractivity contribution in [1.82, 2.24) is 5.06 Å². The van der Waals surface area contributed by atoms with Gasteiger partial charge in [-0.25, -0.2) is 5.06 Å². The molecule has 0 aromatic carbocycles. The van der Waals surface area contributed by atoms with E-state index in [4.69, 9.17) is 9.26 Å². The molecule has 19 heavy (non-hydrogen) atoms. The third-order valence-electron chi connectivity index (χ3n) is 3.45. The van der Waals surface area contributed by atoms with Crippen molar-refractivity contribution in [3.05, 3.63) is 0 Å². The van der Waals surface area contributed by atoms with Crippen LogP contribution in [0.1, 0.15) is 34.1 Å². The van der Waals surface area contributed by atoms with Crippen molar-refractivity contribution in [2.45, 2.75) is 58.4 Å². The minimum absolute atomic E-state index is 0.0362. The molecule has 1 amide bonds. The quantitative estimate of drug-likeness (QED) is 0.453. The van der Waals surface area contributed by atoms with Crippen molar-refractivity contribution in [1.29, 1.82) is 0 Å². The van der Waals surface area contributed by atoms with Crippen molar-refractivity contribution in [2.75, 3.05) is 14.2 Å². The van der Waals surface area contributed by atoms with Gasteiger partial charge in [-0.1, -0.05) is 26.7 Å². The Bertz CT molecular complexity index is 363. The third kappa shape index (κ3) is 6.23. The van der Waals surface area contributed by atoms with Crippen molar-refractivity contribution in [2.24, 2.45) is 0 Å². The molecule has 0 aliphatic carbocycles. The topological polar surface area (TPSA) is 38.8 Å². The number of nitrogens with zero attached hydrogens (tertiary/aromatic N) is 1. The van der Waals surface area contributed by atoms with Gasteiger partial charge in [0.25, 0.3) is 0 Å². The number of amides is 1. The van der Waals surface area contributed by atoms with Crippen molar-refractivity contribution >= 4 is 14.2 Å². The highest BCUT2D eigenvalue weighted by atomic mass is 28.4. The lowest BCUT2D eigenvalue weighted by Crippen LogP contribution is -2.43. The maximum Gasteiger partial charge on any atom is 0.321 e. The third-order valence-corrected chi connectivity index (χ3v) is 8.05. The van der Waals surface area contributed by atoms with Gasteiger partial charge in [-0.15, -0.1) is 0 Å². The van der Waals surface area contributed by atoms with Gasteiger partial charge in [0.15, 0.2) is 8.32 Å². The Kier molecular flexibility index (Phi) is 6.77. The molecular formula is C14H27NO3Si. The van der Waals surface area contributed by atoms with Crippen LogP contribution in [0.25, 0.3) is 0 Å². The van der Waals surface area contributed by atoms with Crippen molar-refractivity contribution in [3.8, 4) is 11.8 Å². The van der Waals surface area contributed by atoms with E-state index in [0.717, 1.165) is 5.06 Å². The van der Waals surface area contributed by atoms with Gasteiger partial charge in [-0.2, -0.15) is 0 Å². The van der Waals surface area contributed by atoms with Gasteiger partial charge < -0.3 is 4.43 Å². The smallest absolute Gasteiger partial charge is 0.321 e. The summed E-state index contributed by atoms with van der Waals surface area (Å²) in [5.41, 5.74) is 0. The van der Waals surface area contributed by atoms with Crippen molar-refractivity contribution < 1.29 is 14.1 Å². The van der Waals surface area contributed by atoms with Gasteiger partial charge in [0.2, 0.25) is 0 Å². The SMILES string of the molecule is CON(C)C(=O)C#CC[C@H](C)O[Si](C)(C)C(C)(C)C. The molecule has 0 saturated heterocycles. The van der Waals surface area contributed by atoms with E-state index in [1.807, 2.05) is 6.92 Å². The zero-order chi connectivity index (χ0) is 15.3. The van der Waals surface area contributed by atoms with Crippen LogP contribution in [0.4, 0.5) is 0 Å². The number of carbonyl (C=O) groups is 1. The molecule has 0 aliphatic rings. The summed E-state index contributed by atoms with van der Waals surface area (Å²) in [7, 11) is 1.21. The fourth-order valence-corrected chi connectivity index (χ4v) is 2.60. The summed E-state index contributed by atoms with van der Waals surface area (Å²) in [5, 5.41) is 1.28. The highest BCUT2D eigenvalue weighted by Gasteiger charge is 2.38. The maximum atomic E-state index is 11.4. The average Bonchev–Trinajstić information content (AvgIpc) is 2.25. The molecule has 0 bridgehead atoms. The van der Waals surface area contributed by atoms with Gasteiger partial charge in [0, 0.05) is 13.5 Å². The molecule has 0 unspecified atom stereocenters. The fourth-order valence-electron chi connectivity index (χ4n) is 1.15. The molecule has 0 heterocycles. The van der Waals surface area contributed by atoms with Crippen LogP contribution in [0.2, 0.25) is 18.1 Å². The van der Waals surface area contributed by atoms with E-state index in [1.54, 1.807) is 0 Å². The molecule has 0 aromatic heterocycles. The second-order valence-electron chi connectivity index (χ2n) is 6.18. The minimum atomic E-state index is -1.76. The summed E-state index contributed by atoms with van der Waals surface area (Å²) in [4.78, 5) is 16.1. The lowest BCUT2D eigenvalue weighted by atomic mass is 10.2. The summed E-state index contributed by atoms with van der Waals surface area (Å²) in [6.07, 6.45) is 0.588. The molecule has 1 atom stereocenters. The molecule has 0 spiro atoms. The van der Waals surface area contributed by atoms with Gasteiger partial charge in [0.1, 0.15) is 0 Å². The van der Waals surface area contributed by atoms with Crippen LogP contribution in [0.15, 0.2) is 0 Å². The van der Waals surface area contributed by atoms with E-state index >= 15 is 0 Å².